The number of rotatable bonds is 4. The van der Waals surface area contributed by atoms with Crippen LogP contribution < -0.4 is 16.0 Å². The van der Waals surface area contributed by atoms with Gasteiger partial charge >= 0.3 is 6.03 Å². The number of carbonyl (C=O) groups is 2. The molecule has 1 aliphatic rings. The first-order chi connectivity index (χ1) is 10.1. The fraction of sp³-hybridized carbons (Fsp3) is 0.429. The minimum absolute atomic E-state index is 0.0926. The molecule has 1 aliphatic heterocycles. The van der Waals surface area contributed by atoms with Gasteiger partial charge in [0.15, 0.2) is 0 Å². The van der Waals surface area contributed by atoms with Gasteiger partial charge in [0.2, 0.25) is 0 Å². The molecule has 0 radical (unpaired) electrons. The van der Waals surface area contributed by atoms with E-state index in [1.807, 2.05) is 0 Å². The third kappa shape index (κ3) is 4.34. The van der Waals surface area contributed by atoms with Crippen LogP contribution in [0, 0.1) is 0 Å². The van der Waals surface area contributed by atoms with Crippen LogP contribution in [-0.4, -0.2) is 38.2 Å². The Morgan fingerprint density at radius 1 is 1.43 bits per heavy atom. The second-order valence-corrected chi connectivity index (χ2v) is 5.15. The third-order valence-corrected chi connectivity index (χ3v) is 3.53. The quantitative estimate of drug-likeness (QED) is 0.795. The highest BCUT2D eigenvalue weighted by molar-refractivity contribution is 6.34. The topological polar surface area (TPSA) is 79.5 Å². The summed E-state index contributed by atoms with van der Waals surface area (Å²) >= 11 is 6.01. The summed E-state index contributed by atoms with van der Waals surface area (Å²) < 4.78 is 5.42. The molecule has 7 heteroatoms. The van der Waals surface area contributed by atoms with Crippen molar-refractivity contribution in [2.24, 2.45) is 0 Å². The van der Waals surface area contributed by atoms with E-state index in [1.54, 1.807) is 12.1 Å². The van der Waals surface area contributed by atoms with E-state index >= 15 is 0 Å². The van der Waals surface area contributed by atoms with Gasteiger partial charge in [-0.15, -0.1) is 0 Å². The number of urea groups is 1. The summed E-state index contributed by atoms with van der Waals surface area (Å²) in [6, 6.07) is 4.41. The molecule has 1 fully saturated rings. The highest BCUT2D eigenvalue weighted by atomic mass is 35.5. The lowest BCUT2D eigenvalue weighted by Crippen LogP contribution is -2.35. The van der Waals surface area contributed by atoms with Crippen LogP contribution in [0.5, 0.6) is 0 Å². The summed E-state index contributed by atoms with van der Waals surface area (Å²) in [4.78, 5) is 23.3. The van der Waals surface area contributed by atoms with Crippen molar-refractivity contribution in [1.82, 2.24) is 10.6 Å². The number of hydrogen-bond acceptors (Lipinski definition) is 3. The second kappa shape index (κ2) is 7.28. The maximum atomic E-state index is 11.8. The van der Waals surface area contributed by atoms with E-state index in [1.165, 1.54) is 13.1 Å². The Hall–Kier alpha value is -1.79. The summed E-state index contributed by atoms with van der Waals surface area (Å²) in [6.07, 6.45) is 2.09. The van der Waals surface area contributed by atoms with Gasteiger partial charge in [0.05, 0.1) is 16.7 Å². The summed E-state index contributed by atoms with van der Waals surface area (Å²) in [5.41, 5.74) is 0.891. The molecule has 0 aliphatic carbocycles. The van der Waals surface area contributed by atoms with E-state index in [0.29, 0.717) is 17.8 Å². The van der Waals surface area contributed by atoms with Gasteiger partial charge in [0.25, 0.3) is 5.91 Å². The van der Waals surface area contributed by atoms with Crippen molar-refractivity contribution in [3.63, 3.8) is 0 Å². The zero-order valence-corrected chi connectivity index (χ0v) is 12.5. The normalized spacial score (nSPS) is 17.3. The maximum absolute atomic E-state index is 11.8. The summed E-state index contributed by atoms with van der Waals surface area (Å²) in [5, 5.41) is 8.19. The molecule has 0 saturated carbocycles. The molecule has 0 aromatic heterocycles. The summed E-state index contributed by atoms with van der Waals surface area (Å²) in [6.45, 7) is 1.24. The van der Waals surface area contributed by atoms with E-state index in [-0.39, 0.29) is 23.1 Å². The molecule has 1 saturated heterocycles. The molecule has 1 aromatic rings. The molecule has 2 rings (SSSR count). The Morgan fingerprint density at radius 3 is 2.86 bits per heavy atom. The Balaban J connectivity index is 1.88. The fourth-order valence-electron chi connectivity index (χ4n) is 2.10. The number of hydrogen-bond donors (Lipinski definition) is 3. The Labute approximate surface area is 128 Å². The molecule has 0 spiro atoms. The Kier molecular flexibility index (Phi) is 5.41. The van der Waals surface area contributed by atoms with E-state index in [9.17, 15) is 9.59 Å². The first kappa shape index (κ1) is 15.6. The number of carbonyl (C=O) groups excluding carboxylic acids is 2. The summed E-state index contributed by atoms with van der Waals surface area (Å²) in [5.74, 6) is -0.269. The first-order valence-electron chi connectivity index (χ1n) is 6.78. The smallest absolute Gasteiger partial charge is 0.319 e. The lowest BCUT2D eigenvalue weighted by atomic mass is 10.2. The molecule has 1 aromatic carbocycles. The fourth-order valence-corrected chi connectivity index (χ4v) is 2.37. The van der Waals surface area contributed by atoms with Crippen LogP contribution in [0.2, 0.25) is 5.02 Å². The van der Waals surface area contributed by atoms with Crippen molar-refractivity contribution in [3.05, 3.63) is 28.8 Å². The van der Waals surface area contributed by atoms with E-state index in [4.69, 9.17) is 16.3 Å². The molecule has 6 nitrogen and oxygen atoms in total. The maximum Gasteiger partial charge on any atom is 0.319 e. The molecule has 3 amide bonds. The van der Waals surface area contributed by atoms with E-state index < -0.39 is 0 Å². The highest BCUT2D eigenvalue weighted by Crippen LogP contribution is 2.21. The molecule has 1 unspecified atom stereocenters. The van der Waals surface area contributed by atoms with Gasteiger partial charge in [-0.05, 0) is 31.0 Å². The average Bonchev–Trinajstić information content (AvgIpc) is 2.98. The van der Waals surface area contributed by atoms with Crippen molar-refractivity contribution in [2.75, 3.05) is 25.5 Å². The second-order valence-electron chi connectivity index (χ2n) is 4.74. The number of ether oxygens (including phenoxy) is 1. The van der Waals surface area contributed by atoms with Gasteiger partial charge in [-0.3, -0.25) is 4.79 Å². The van der Waals surface area contributed by atoms with E-state index in [0.717, 1.165) is 19.4 Å². The predicted molar refractivity (Wildman–Crippen MR) is 80.8 cm³/mol. The predicted octanol–water partition coefficient (Wildman–Crippen LogP) is 2.00. The van der Waals surface area contributed by atoms with Crippen LogP contribution in [0.25, 0.3) is 0 Å². The van der Waals surface area contributed by atoms with Crippen LogP contribution in [0.1, 0.15) is 23.2 Å². The standard InChI is InChI=1S/C14H18ClN3O3/c1-16-13(19)11-5-4-9(7-12(11)15)18-14(20)17-8-10-3-2-6-21-10/h4-5,7,10H,2-3,6,8H2,1H3,(H,16,19)(H2,17,18,20). The van der Waals surface area contributed by atoms with Gasteiger partial charge in [-0.1, -0.05) is 11.6 Å². The van der Waals surface area contributed by atoms with Gasteiger partial charge in [-0.2, -0.15) is 0 Å². The van der Waals surface area contributed by atoms with Gasteiger partial charge in [0.1, 0.15) is 0 Å². The molecule has 114 valence electrons. The monoisotopic (exact) mass is 311 g/mol. The number of nitrogens with one attached hydrogen (secondary N) is 3. The van der Waals surface area contributed by atoms with Crippen LogP contribution in [0.3, 0.4) is 0 Å². The Morgan fingerprint density at radius 2 is 2.24 bits per heavy atom. The van der Waals surface area contributed by atoms with Crippen LogP contribution in [-0.2, 0) is 4.74 Å². The van der Waals surface area contributed by atoms with Crippen LogP contribution >= 0.6 is 11.6 Å². The Bertz CT molecular complexity index is 530. The van der Waals surface area contributed by atoms with Crippen molar-refractivity contribution in [3.8, 4) is 0 Å². The highest BCUT2D eigenvalue weighted by Gasteiger charge is 2.16. The third-order valence-electron chi connectivity index (χ3n) is 3.21. The van der Waals surface area contributed by atoms with Crippen molar-refractivity contribution in [1.29, 1.82) is 0 Å². The van der Waals surface area contributed by atoms with Gasteiger partial charge < -0.3 is 20.7 Å². The minimum Gasteiger partial charge on any atom is -0.376 e. The largest absolute Gasteiger partial charge is 0.376 e. The van der Waals surface area contributed by atoms with Crippen molar-refractivity contribution < 1.29 is 14.3 Å². The van der Waals surface area contributed by atoms with Crippen LogP contribution in [0.4, 0.5) is 10.5 Å². The lowest BCUT2D eigenvalue weighted by molar-refractivity contribution is 0.0963. The minimum atomic E-state index is -0.325. The molecule has 0 bridgehead atoms. The molecule has 1 heterocycles. The molecular formula is C14H18ClN3O3. The number of anilines is 1. The summed E-state index contributed by atoms with van der Waals surface area (Å²) in [7, 11) is 1.53. The average molecular weight is 312 g/mol. The zero-order valence-electron chi connectivity index (χ0n) is 11.7. The van der Waals surface area contributed by atoms with Crippen molar-refractivity contribution in [2.45, 2.75) is 18.9 Å². The molecular weight excluding hydrogens is 294 g/mol. The first-order valence-corrected chi connectivity index (χ1v) is 7.16. The molecule has 3 N–H and O–H groups in total. The number of halogens is 1. The van der Waals surface area contributed by atoms with Crippen molar-refractivity contribution >= 4 is 29.2 Å². The van der Waals surface area contributed by atoms with Gasteiger partial charge in [-0.25, -0.2) is 4.79 Å². The number of benzene rings is 1. The van der Waals surface area contributed by atoms with E-state index in [2.05, 4.69) is 16.0 Å². The van der Waals surface area contributed by atoms with Gasteiger partial charge in [0, 0.05) is 25.9 Å². The van der Waals surface area contributed by atoms with Crippen LogP contribution in [0.15, 0.2) is 18.2 Å². The molecule has 1 atom stereocenters. The zero-order chi connectivity index (χ0) is 15.2. The lowest BCUT2D eigenvalue weighted by Gasteiger charge is -2.12. The molecule has 21 heavy (non-hydrogen) atoms. The number of amides is 3. The SMILES string of the molecule is CNC(=O)c1ccc(NC(=O)NCC2CCCO2)cc1Cl.